The third-order valence-electron chi connectivity index (χ3n) is 4.79. The van der Waals surface area contributed by atoms with Gasteiger partial charge < -0.3 is 15.6 Å². The highest BCUT2D eigenvalue weighted by molar-refractivity contribution is 7.73. The monoisotopic (exact) mass is 361 g/mol. The molecule has 6 heteroatoms. The predicted molar refractivity (Wildman–Crippen MR) is 104 cm³/mol. The summed E-state index contributed by atoms with van der Waals surface area (Å²) in [6.07, 6.45) is 5.85. The Morgan fingerprint density at radius 1 is 1.25 bits per heavy atom. The molecule has 24 heavy (non-hydrogen) atoms. The van der Waals surface area contributed by atoms with E-state index >= 15 is 0 Å². The molecule has 0 unspecified atom stereocenters. The van der Waals surface area contributed by atoms with Crippen molar-refractivity contribution in [2.75, 3.05) is 11.1 Å². The second-order valence-electron chi connectivity index (χ2n) is 6.50. The lowest BCUT2D eigenvalue weighted by Crippen LogP contribution is -2.17. The van der Waals surface area contributed by atoms with Gasteiger partial charge in [0.25, 0.3) is 5.91 Å². The quantitative estimate of drug-likeness (QED) is 0.735. The molecule has 0 bridgehead atoms. The molecule has 2 aromatic rings. The summed E-state index contributed by atoms with van der Waals surface area (Å²) in [6.45, 7) is 4.08. The van der Waals surface area contributed by atoms with Crippen LogP contribution in [0, 0.1) is 17.8 Å². The Hall–Kier alpha value is -1.66. The highest BCUT2D eigenvalue weighted by Gasteiger charge is 2.23. The van der Waals surface area contributed by atoms with Crippen molar-refractivity contribution in [1.82, 2.24) is 4.57 Å². The van der Waals surface area contributed by atoms with Crippen LogP contribution in [-0.2, 0) is 0 Å². The highest BCUT2D eigenvalue weighted by Crippen LogP contribution is 2.34. The second kappa shape index (κ2) is 7.07. The molecule has 1 aliphatic carbocycles. The number of hydrogen-bond donors (Lipinski definition) is 2. The Labute approximate surface area is 151 Å². The van der Waals surface area contributed by atoms with Gasteiger partial charge in [-0.05, 0) is 62.2 Å². The summed E-state index contributed by atoms with van der Waals surface area (Å²) in [6, 6.07) is 6.23. The third kappa shape index (κ3) is 3.39. The van der Waals surface area contributed by atoms with Gasteiger partial charge in [0.1, 0.15) is 10.7 Å². The van der Waals surface area contributed by atoms with Crippen LogP contribution in [0.25, 0.3) is 0 Å². The van der Waals surface area contributed by atoms with Gasteiger partial charge in [0.2, 0.25) is 0 Å². The number of thiazole rings is 1. The number of aromatic nitrogens is 1. The fourth-order valence-electron chi connectivity index (χ4n) is 3.25. The van der Waals surface area contributed by atoms with E-state index < -0.39 is 0 Å². The molecule has 1 aromatic carbocycles. The first-order valence-corrected chi connectivity index (χ1v) is 9.59. The zero-order valence-corrected chi connectivity index (χ0v) is 15.7. The van der Waals surface area contributed by atoms with Crippen LogP contribution in [0.5, 0.6) is 0 Å². The fraction of sp³-hybridized carbons (Fsp3) is 0.444. The molecule has 1 amide bonds. The molecule has 0 aliphatic heterocycles. The second-order valence-corrected chi connectivity index (χ2v) is 8.14. The van der Waals surface area contributed by atoms with Crippen LogP contribution in [0.4, 0.5) is 11.5 Å². The van der Waals surface area contributed by atoms with Crippen LogP contribution in [0.2, 0.25) is 0 Å². The smallest absolute Gasteiger partial charge is 0.269 e. The van der Waals surface area contributed by atoms with E-state index in [4.69, 9.17) is 18.0 Å². The van der Waals surface area contributed by atoms with Gasteiger partial charge >= 0.3 is 0 Å². The van der Waals surface area contributed by atoms with E-state index in [0.29, 0.717) is 20.7 Å². The Morgan fingerprint density at radius 2 is 1.96 bits per heavy atom. The number of nitrogens with one attached hydrogen (secondary N) is 1. The van der Waals surface area contributed by atoms with Crippen molar-refractivity contribution in [2.45, 2.75) is 52.0 Å². The summed E-state index contributed by atoms with van der Waals surface area (Å²) in [5, 5.41) is 2.94. The molecule has 0 saturated heterocycles. The first-order chi connectivity index (χ1) is 11.5. The topological polar surface area (TPSA) is 60.0 Å². The molecule has 0 radical (unpaired) electrons. The average molecular weight is 362 g/mol. The standard InChI is InChI=1S/C18H23N3OS2/c1-11-8-9-13(10-12(11)2)20-17(22)15-16(19)21(18(23)24-15)14-6-4-3-5-7-14/h8-10,14H,3-7,19H2,1-2H3,(H,20,22). The van der Waals surface area contributed by atoms with E-state index in [-0.39, 0.29) is 5.91 Å². The predicted octanol–water partition coefficient (Wildman–Crippen LogP) is 5.24. The van der Waals surface area contributed by atoms with Gasteiger partial charge in [-0.25, -0.2) is 0 Å². The summed E-state index contributed by atoms with van der Waals surface area (Å²) in [5.41, 5.74) is 9.42. The van der Waals surface area contributed by atoms with Crippen LogP contribution >= 0.6 is 23.6 Å². The summed E-state index contributed by atoms with van der Waals surface area (Å²) >= 11 is 6.79. The molecule has 1 aliphatic rings. The lowest BCUT2D eigenvalue weighted by molar-refractivity contribution is 0.103. The van der Waals surface area contributed by atoms with Crippen molar-refractivity contribution < 1.29 is 4.79 Å². The van der Waals surface area contributed by atoms with E-state index in [1.165, 1.54) is 36.2 Å². The number of anilines is 2. The van der Waals surface area contributed by atoms with Gasteiger partial charge in [0.05, 0.1) is 0 Å². The maximum Gasteiger partial charge on any atom is 0.269 e. The Bertz CT molecular complexity index is 816. The zero-order valence-electron chi connectivity index (χ0n) is 14.1. The molecular weight excluding hydrogens is 338 g/mol. The largest absolute Gasteiger partial charge is 0.384 e. The van der Waals surface area contributed by atoms with Gasteiger partial charge in [-0.2, -0.15) is 0 Å². The molecule has 0 spiro atoms. The fourth-order valence-corrected chi connectivity index (χ4v) is 4.62. The number of nitrogens with zero attached hydrogens (tertiary/aromatic N) is 1. The minimum Gasteiger partial charge on any atom is -0.384 e. The van der Waals surface area contributed by atoms with Gasteiger partial charge in [-0.1, -0.05) is 36.7 Å². The Kier molecular flexibility index (Phi) is 5.06. The number of carbonyl (C=O) groups excluding carboxylic acids is 1. The number of benzene rings is 1. The molecule has 128 valence electrons. The van der Waals surface area contributed by atoms with Gasteiger partial charge in [0, 0.05) is 11.7 Å². The van der Waals surface area contributed by atoms with Crippen molar-refractivity contribution in [3.8, 4) is 0 Å². The minimum atomic E-state index is -0.179. The number of nitrogens with two attached hydrogens (primary N) is 1. The summed E-state index contributed by atoms with van der Waals surface area (Å²) < 4.78 is 2.69. The van der Waals surface area contributed by atoms with Crippen molar-refractivity contribution in [1.29, 1.82) is 0 Å². The maximum atomic E-state index is 12.6. The Balaban J connectivity index is 1.85. The van der Waals surface area contributed by atoms with E-state index in [1.54, 1.807) is 0 Å². The average Bonchev–Trinajstić information content (AvgIpc) is 2.86. The normalized spacial score (nSPS) is 15.4. The SMILES string of the molecule is Cc1ccc(NC(=O)c2sc(=S)n(C3CCCCC3)c2N)cc1C. The van der Waals surface area contributed by atoms with Crippen LogP contribution in [0.15, 0.2) is 18.2 Å². The number of nitrogen functional groups attached to an aromatic ring is 1. The lowest BCUT2D eigenvalue weighted by atomic mass is 9.95. The van der Waals surface area contributed by atoms with Crippen LogP contribution < -0.4 is 11.1 Å². The molecule has 0 atom stereocenters. The molecule has 1 aromatic heterocycles. The van der Waals surface area contributed by atoms with E-state index in [1.807, 2.05) is 29.7 Å². The van der Waals surface area contributed by atoms with Crippen LogP contribution in [0.3, 0.4) is 0 Å². The van der Waals surface area contributed by atoms with Gasteiger partial charge in [-0.3, -0.25) is 4.79 Å². The number of carbonyl (C=O) groups is 1. The van der Waals surface area contributed by atoms with Gasteiger partial charge in [-0.15, -0.1) is 0 Å². The molecule has 3 rings (SSSR count). The van der Waals surface area contributed by atoms with Crippen molar-refractivity contribution >= 4 is 41.0 Å². The molecule has 3 N–H and O–H groups in total. The first kappa shape index (κ1) is 17.2. The van der Waals surface area contributed by atoms with Gasteiger partial charge in [0.15, 0.2) is 3.95 Å². The number of hydrogen-bond acceptors (Lipinski definition) is 4. The van der Waals surface area contributed by atoms with Crippen molar-refractivity contribution in [3.05, 3.63) is 38.2 Å². The maximum absolute atomic E-state index is 12.6. The molecule has 1 fully saturated rings. The van der Waals surface area contributed by atoms with Crippen molar-refractivity contribution in [3.63, 3.8) is 0 Å². The Morgan fingerprint density at radius 3 is 2.62 bits per heavy atom. The molecule has 1 saturated carbocycles. The highest BCUT2D eigenvalue weighted by atomic mass is 32.1. The lowest BCUT2D eigenvalue weighted by Gasteiger charge is -2.24. The molecule has 4 nitrogen and oxygen atoms in total. The molecular formula is C18H23N3OS2. The summed E-state index contributed by atoms with van der Waals surface area (Å²) in [4.78, 5) is 13.2. The number of rotatable bonds is 3. The summed E-state index contributed by atoms with van der Waals surface area (Å²) in [5.74, 6) is 0.333. The van der Waals surface area contributed by atoms with E-state index in [0.717, 1.165) is 24.1 Å². The molecule has 1 heterocycles. The van der Waals surface area contributed by atoms with Crippen LogP contribution in [-0.4, -0.2) is 10.5 Å². The van der Waals surface area contributed by atoms with Crippen LogP contribution in [0.1, 0.15) is 58.9 Å². The first-order valence-electron chi connectivity index (χ1n) is 8.37. The van der Waals surface area contributed by atoms with E-state index in [2.05, 4.69) is 12.2 Å². The van der Waals surface area contributed by atoms with E-state index in [9.17, 15) is 4.79 Å². The minimum absolute atomic E-state index is 0.179. The number of aryl methyl sites for hydroxylation is 2. The number of amides is 1. The summed E-state index contributed by atoms with van der Waals surface area (Å²) in [7, 11) is 0. The third-order valence-corrected chi connectivity index (χ3v) is 6.21. The zero-order chi connectivity index (χ0) is 17.3. The van der Waals surface area contributed by atoms with Crippen molar-refractivity contribution in [2.24, 2.45) is 0 Å².